The first kappa shape index (κ1) is 14.3. The molecule has 2 aromatic carbocycles. The molecule has 0 saturated carbocycles. The zero-order valence-corrected chi connectivity index (χ0v) is 12.4. The van der Waals surface area contributed by atoms with Crippen LogP contribution in [0.1, 0.15) is 43.7 Å². The molecule has 20 heavy (non-hydrogen) atoms. The van der Waals surface area contributed by atoms with Crippen LogP contribution >= 0.6 is 0 Å². The fraction of sp³-hybridized carbons (Fsp3) is 0.278. The maximum Gasteiger partial charge on any atom is 0.335 e. The van der Waals surface area contributed by atoms with Crippen LogP contribution in [-0.4, -0.2) is 11.1 Å². The lowest BCUT2D eigenvalue weighted by Gasteiger charge is -2.15. The Morgan fingerprint density at radius 2 is 1.45 bits per heavy atom. The molecule has 0 radical (unpaired) electrons. The first-order valence-corrected chi connectivity index (χ1v) is 6.78. The van der Waals surface area contributed by atoms with Gasteiger partial charge in [-0.25, -0.2) is 4.79 Å². The highest BCUT2D eigenvalue weighted by molar-refractivity contribution is 5.87. The van der Waals surface area contributed by atoms with E-state index in [1.807, 2.05) is 12.1 Å². The lowest BCUT2D eigenvalue weighted by atomic mass is 9.90. The molecule has 0 aromatic heterocycles. The van der Waals surface area contributed by atoms with E-state index in [9.17, 15) is 4.79 Å². The quantitative estimate of drug-likeness (QED) is 0.905. The van der Waals surface area contributed by atoms with Crippen LogP contribution in [0.5, 0.6) is 0 Å². The predicted octanol–water partition coefficient (Wildman–Crippen LogP) is 4.21. The highest BCUT2D eigenvalue weighted by Gasteiger charge is 2.09. The molecule has 0 atom stereocenters. The number of carboxylic acids is 1. The van der Waals surface area contributed by atoms with Gasteiger partial charge in [-0.3, -0.25) is 0 Å². The molecule has 104 valence electrons. The van der Waals surface area contributed by atoms with Crippen molar-refractivity contribution in [1.29, 1.82) is 0 Å². The Hall–Kier alpha value is -2.09. The summed E-state index contributed by atoms with van der Waals surface area (Å²) in [6.45, 7) is 8.59. The summed E-state index contributed by atoms with van der Waals surface area (Å²) >= 11 is 0. The second-order valence-corrected chi connectivity index (χ2v) is 5.42. The number of carboxylic acid groups (broad SMARTS) is 1. The van der Waals surface area contributed by atoms with E-state index in [1.54, 1.807) is 12.1 Å². The summed E-state index contributed by atoms with van der Waals surface area (Å²) in [6.07, 6.45) is 0.847. The van der Waals surface area contributed by atoms with E-state index in [4.69, 9.17) is 5.11 Å². The maximum absolute atomic E-state index is 10.9. The van der Waals surface area contributed by atoms with Gasteiger partial charge in [0.25, 0.3) is 0 Å². The number of aromatic carboxylic acids is 1. The molecule has 0 fully saturated rings. The number of aryl methyl sites for hydroxylation is 2. The molecule has 0 aliphatic heterocycles. The van der Waals surface area contributed by atoms with Crippen LogP contribution in [0.25, 0.3) is 0 Å². The minimum Gasteiger partial charge on any atom is -0.478 e. The third-order valence-corrected chi connectivity index (χ3v) is 4.10. The van der Waals surface area contributed by atoms with Crippen molar-refractivity contribution in [2.75, 3.05) is 0 Å². The summed E-state index contributed by atoms with van der Waals surface area (Å²) in [5.41, 5.74) is 8.11. The lowest BCUT2D eigenvalue weighted by Crippen LogP contribution is -2.01. The van der Waals surface area contributed by atoms with Gasteiger partial charge in [-0.15, -0.1) is 0 Å². The van der Waals surface area contributed by atoms with Crippen molar-refractivity contribution in [3.63, 3.8) is 0 Å². The van der Waals surface area contributed by atoms with E-state index < -0.39 is 5.97 Å². The largest absolute Gasteiger partial charge is 0.478 e. The van der Waals surface area contributed by atoms with Crippen molar-refractivity contribution < 1.29 is 9.90 Å². The average molecular weight is 268 g/mol. The normalized spacial score (nSPS) is 10.6. The van der Waals surface area contributed by atoms with Gasteiger partial charge in [0.05, 0.1) is 5.56 Å². The minimum atomic E-state index is -0.879. The van der Waals surface area contributed by atoms with Crippen LogP contribution in [0.4, 0.5) is 0 Å². The Bertz CT molecular complexity index is 626. The summed E-state index contributed by atoms with van der Waals surface area (Å²) in [5, 5.41) is 8.93. The first-order chi connectivity index (χ1) is 9.40. The molecule has 0 bridgehead atoms. The Balaban J connectivity index is 2.37. The van der Waals surface area contributed by atoms with Crippen LogP contribution in [0.3, 0.4) is 0 Å². The highest BCUT2D eigenvalue weighted by atomic mass is 16.4. The molecule has 0 amide bonds. The average Bonchev–Trinajstić information content (AvgIpc) is 2.42. The molecule has 0 aliphatic rings. The predicted molar refractivity (Wildman–Crippen MR) is 81.6 cm³/mol. The summed E-state index contributed by atoms with van der Waals surface area (Å²) in [6, 6.07) is 9.37. The third-order valence-electron chi connectivity index (χ3n) is 4.10. The van der Waals surface area contributed by atoms with Crippen LogP contribution in [0, 0.1) is 27.7 Å². The summed E-state index contributed by atoms with van der Waals surface area (Å²) in [4.78, 5) is 10.9. The zero-order valence-electron chi connectivity index (χ0n) is 12.4. The molecule has 0 heterocycles. The molecule has 0 unspecified atom stereocenters. The van der Waals surface area contributed by atoms with E-state index in [1.165, 1.54) is 27.8 Å². The maximum atomic E-state index is 10.9. The Morgan fingerprint density at radius 3 is 1.90 bits per heavy atom. The summed E-state index contributed by atoms with van der Waals surface area (Å²) in [7, 11) is 0. The fourth-order valence-electron chi connectivity index (χ4n) is 2.53. The van der Waals surface area contributed by atoms with Gasteiger partial charge in [0.1, 0.15) is 0 Å². The Kier molecular flexibility index (Phi) is 3.93. The van der Waals surface area contributed by atoms with Crippen LogP contribution in [-0.2, 0) is 6.42 Å². The van der Waals surface area contributed by atoms with Crippen molar-refractivity contribution in [3.8, 4) is 0 Å². The molecule has 2 aromatic rings. The Morgan fingerprint density at radius 1 is 0.950 bits per heavy atom. The molecular formula is C18H20O2. The molecule has 2 heteroatoms. The smallest absolute Gasteiger partial charge is 0.335 e. The van der Waals surface area contributed by atoms with E-state index in [2.05, 4.69) is 33.8 Å². The molecule has 0 aliphatic carbocycles. The van der Waals surface area contributed by atoms with Crippen molar-refractivity contribution in [3.05, 3.63) is 69.3 Å². The molecule has 1 N–H and O–H groups in total. The fourth-order valence-corrected chi connectivity index (χ4v) is 2.53. The van der Waals surface area contributed by atoms with Gasteiger partial charge in [0.2, 0.25) is 0 Å². The van der Waals surface area contributed by atoms with Gasteiger partial charge in [0, 0.05) is 0 Å². The molecular weight excluding hydrogens is 248 g/mol. The van der Waals surface area contributed by atoms with Crippen molar-refractivity contribution in [1.82, 2.24) is 0 Å². The standard InChI is InChI=1S/C18H20O2/c1-11-9-12(2)14(4)17(13(11)3)10-15-5-7-16(8-6-15)18(19)20/h5-9H,10H2,1-4H3,(H,19,20). The van der Waals surface area contributed by atoms with Gasteiger partial charge < -0.3 is 5.11 Å². The van der Waals surface area contributed by atoms with E-state index in [0.717, 1.165) is 12.0 Å². The first-order valence-electron chi connectivity index (χ1n) is 6.78. The van der Waals surface area contributed by atoms with Gasteiger partial charge in [0.15, 0.2) is 0 Å². The van der Waals surface area contributed by atoms with Crippen LogP contribution < -0.4 is 0 Å². The lowest BCUT2D eigenvalue weighted by molar-refractivity contribution is 0.0697. The van der Waals surface area contributed by atoms with Crippen molar-refractivity contribution in [2.45, 2.75) is 34.1 Å². The topological polar surface area (TPSA) is 37.3 Å². The molecule has 0 spiro atoms. The van der Waals surface area contributed by atoms with Crippen LogP contribution in [0.2, 0.25) is 0 Å². The number of rotatable bonds is 3. The van der Waals surface area contributed by atoms with Gasteiger partial charge in [-0.05, 0) is 79.6 Å². The monoisotopic (exact) mass is 268 g/mol. The van der Waals surface area contributed by atoms with Gasteiger partial charge in [-0.2, -0.15) is 0 Å². The zero-order chi connectivity index (χ0) is 14.9. The van der Waals surface area contributed by atoms with E-state index in [0.29, 0.717) is 5.56 Å². The molecule has 2 rings (SSSR count). The number of benzene rings is 2. The Labute approximate surface area is 120 Å². The number of carbonyl (C=O) groups is 1. The second-order valence-electron chi connectivity index (χ2n) is 5.42. The summed E-state index contributed by atoms with van der Waals surface area (Å²) in [5.74, 6) is -0.879. The van der Waals surface area contributed by atoms with E-state index >= 15 is 0 Å². The van der Waals surface area contributed by atoms with Crippen LogP contribution in [0.15, 0.2) is 30.3 Å². The number of hydrogen-bond donors (Lipinski definition) is 1. The highest BCUT2D eigenvalue weighted by Crippen LogP contribution is 2.24. The van der Waals surface area contributed by atoms with Crippen molar-refractivity contribution >= 4 is 5.97 Å². The van der Waals surface area contributed by atoms with E-state index in [-0.39, 0.29) is 0 Å². The summed E-state index contributed by atoms with van der Waals surface area (Å²) < 4.78 is 0. The second kappa shape index (κ2) is 5.49. The van der Waals surface area contributed by atoms with Crippen molar-refractivity contribution in [2.24, 2.45) is 0 Å². The molecule has 2 nitrogen and oxygen atoms in total. The minimum absolute atomic E-state index is 0.336. The SMILES string of the molecule is Cc1cc(C)c(C)c(Cc2ccc(C(=O)O)cc2)c1C. The van der Waals surface area contributed by atoms with Gasteiger partial charge in [-0.1, -0.05) is 18.2 Å². The molecule has 0 saturated heterocycles. The van der Waals surface area contributed by atoms with Gasteiger partial charge >= 0.3 is 5.97 Å². The third kappa shape index (κ3) is 2.74. The number of hydrogen-bond acceptors (Lipinski definition) is 1.